The first-order valence-corrected chi connectivity index (χ1v) is 6.99. The number of aliphatic hydroxyl groups excluding tert-OH is 2. The van der Waals surface area contributed by atoms with Gasteiger partial charge in [-0.05, 0) is 23.6 Å². The third-order valence-corrected chi connectivity index (χ3v) is 3.95. The van der Waals surface area contributed by atoms with Crippen LogP contribution in [-0.2, 0) is 6.42 Å². The van der Waals surface area contributed by atoms with Gasteiger partial charge in [-0.2, -0.15) is 0 Å². The third kappa shape index (κ3) is 2.30. The quantitative estimate of drug-likeness (QED) is 0.894. The maximum atomic E-state index is 10.3. The molecule has 0 aromatic heterocycles. The smallest absolute Gasteiger partial charge is 0.101 e. The molecule has 3 rings (SSSR count). The molecule has 3 heteroatoms. The van der Waals surface area contributed by atoms with Crippen LogP contribution in [-0.4, -0.2) is 29.5 Å². The first-order chi connectivity index (χ1) is 9.81. The number of anilines is 1. The molecule has 1 heterocycles. The average molecular weight is 269 g/mol. The molecular formula is C17H19NO2. The van der Waals surface area contributed by atoms with Crippen molar-refractivity contribution in [2.45, 2.75) is 18.6 Å². The molecular weight excluding hydrogens is 250 g/mol. The lowest BCUT2D eigenvalue weighted by Crippen LogP contribution is -2.37. The van der Waals surface area contributed by atoms with E-state index in [0.29, 0.717) is 0 Å². The number of fused-ring (bicyclic) bond motifs is 1. The highest BCUT2D eigenvalue weighted by molar-refractivity contribution is 5.59. The monoisotopic (exact) mass is 269 g/mol. The summed E-state index contributed by atoms with van der Waals surface area (Å²) in [6.07, 6.45) is 0.195. The number of aliphatic hydroxyl groups is 2. The SMILES string of the molecule is OC[C@@H](O)[C@H](c1ccccc1)N1CCc2ccccc21. The molecule has 0 fully saturated rings. The Morgan fingerprint density at radius 1 is 1.00 bits per heavy atom. The predicted molar refractivity (Wildman–Crippen MR) is 79.8 cm³/mol. The third-order valence-electron chi connectivity index (χ3n) is 3.95. The van der Waals surface area contributed by atoms with Gasteiger partial charge in [-0.1, -0.05) is 48.5 Å². The van der Waals surface area contributed by atoms with Crippen LogP contribution in [0.1, 0.15) is 17.2 Å². The average Bonchev–Trinajstić information content (AvgIpc) is 2.92. The second-order valence-corrected chi connectivity index (χ2v) is 5.18. The molecule has 0 spiro atoms. The standard InChI is InChI=1S/C17H19NO2/c19-12-16(20)17(14-7-2-1-3-8-14)18-11-10-13-6-4-5-9-15(13)18/h1-9,16-17,19-20H,10-12H2/t16-,17+/m1/s1. The Morgan fingerprint density at radius 3 is 2.45 bits per heavy atom. The fourth-order valence-corrected chi connectivity index (χ4v) is 3.01. The largest absolute Gasteiger partial charge is 0.394 e. The second-order valence-electron chi connectivity index (χ2n) is 5.18. The van der Waals surface area contributed by atoms with Crippen LogP contribution in [0.5, 0.6) is 0 Å². The van der Waals surface area contributed by atoms with Crippen molar-refractivity contribution in [2.24, 2.45) is 0 Å². The van der Waals surface area contributed by atoms with E-state index < -0.39 is 6.10 Å². The van der Waals surface area contributed by atoms with Crippen LogP contribution in [0.2, 0.25) is 0 Å². The topological polar surface area (TPSA) is 43.7 Å². The van der Waals surface area contributed by atoms with Gasteiger partial charge in [-0.3, -0.25) is 0 Å². The van der Waals surface area contributed by atoms with Gasteiger partial charge in [-0.25, -0.2) is 0 Å². The summed E-state index contributed by atoms with van der Waals surface area (Å²) in [6.45, 7) is 0.633. The maximum Gasteiger partial charge on any atom is 0.101 e. The summed E-state index contributed by atoms with van der Waals surface area (Å²) in [5.74, 6) is 0. The Morgan fingerprint density at radius 2 is 1.70 bits per heavy atom. The summed E-state index contributed by atoms with van der Waals surface area (Å²) in [4.78, 5) is 2.20. The van der Waals surface area contributed by atoms with Crippen LogP contribution in [0.15, 0.2) is 54.6 Å². The van der Waals surface area contributed by atoms with Crippen LogP contribution in [0, 0.1) is 0 Å². The zero-order valence-electron chi connectivity index (χ0n) is 11.3. The van der Waals surface area contributed by atoms with Gasteiger partial charge >= 0.3 is 0 Å². The number of nitrogens with zero attached hydrogens (tertiary/aromatic N) is 1. The lowest BCUT2D eigenvalue weighted by molar-refractivity contribution is 0.0717. The minimum atomic E-state index is -0.788. The fourth-order valence-electron chi connectivity index (χ4n) is 3.01. The van der Waals surface area contributed by atoms with Gasteiger partial charge in [-0.15, -0.1) is 0 Å². The molecule has 0 aliphatic carbocycles. The molecule has 0 saturated carbocycles. The van der Waals surface area contributed by atoms with Gasteiger partial charge in [0.05, 0.1) is 12.6 Å². The van der Waals surface area contributed by atoms with Crippen LogP contribution in [0.3, 0.4) is 0 Å². The van der Waals surface area contributed by atoms with Gasteiger partial charge in [0.2, 0.25) is 0 Å². The second kappa shape index (κ2) is 5.65. The number of hydrogen-bond donors (Lipinski definition) is 2. The molecule has 3 nitrogen and oxygen atoms in total. The number of hydrogen-bond acceptors (Lipinski definition) is 3. The van der Waals surface area contributed by atoms with Crippen molar-refractivity contribution < 1.29 is 10.2 Å². The molecule has 104 valence electrons. The highest BCUT2D eigenvalue weighted by Gasteiger charge is 2.31. The van der Waals surface area contributed by atoms with Gasteiger partial charge in [0, 0.05) is 12.2 Å². The molecule has 20 heavy (non-hydrogen) atoms. The van der Waals surface area contributed by atoms with E-state index in [2.05, 4.69) is 17.0 Å². The van der Waals surface area contributed by atoms with Crippen molar-refractivity contribution in [3.05, 3.63) is 65.7 Å². The molecule has 2 atom stereocenters. The maximum absolute atomic E-state index is 10.3. The minimum Gasteiger partial charge on any atom is -0.394 e. The van der Waals surface area contributed by atoms with E-state index in [-0.39, 0.29) is 12.6 Å². The Hall–Kier alpha value is -1.84. The number of para-hydroxylation sites is 1. The van der Waals surface area contributed by atoms with Crippen LogP contribution >= 0.6 is 0 Å². The summed E-state index contributed by atoms with van der Waals surface area (Å²) in [5.41, 5.74) is 3.50. The van der Waals surface area contributed by atoms with Gasteiger partial charge in [0.1, 0.15) is 6.10 Å². The lowest BCUT2D eigenvalue weighted by Gasteiger charge is -2.33. The summed E-state index contributed by atoms with van der Waals surface area (Å²) in [7, 11) is 0. The first-order valence-electron chi connectivity index (χ1n) is 6.99. The minimum absolute atomic E-state index is 0.204. The van der Waals surface area contributed by atoms with Gasteiger partial charge in [0.15, 0.2) is 0 Å². The Bertz CT molecular complexity index is 570. The Labute approximate surface area is 119 Å². The normalized spacial score (nSPS) is 16.8. The van der Waals surface area contributed by atoms with E-state index in [0.717, 1.165) is 24.2 Å². The molecule has 0 bridgehead atoms. The van der Waals surface area contributed by atoms with Crippen LogP contribution in [0.4, 0.5) is 5.69 Å². The van der Waals surface area contributed by atoms with E-state index in [1.165, 1.54) is 5.56 Å². The van der Waals surface area contributed by atoms with Crippen molar-refractivity contribution in [1.29, 1.82) is 0 Å². The van der Waals surface area contributed by atoms with E-state index in [9.17, 15) is 10.2 Å². The van der Waals surface area contributed by atoms with Crippen LogP contribution in [0.25, 0.3) is 0 Å². The summed E-state index contributed by atoms with van der Waals surface area (Å²) in [6, 6.07) is 18.0. The van der Waals surface area contributed by atoms with Crippen molar-refractivity contribution in [2.75, 3.05) is 18.1 Å². The van der Waals surface area contributed by atoms with Crippen molar-refractivity contribution >= 4 is 5.69 Å². The number of rotatable bonds is 4. The molecule has 0 amide bonds. The zero-order valence-corrected chi connectivity index (χ0v) is 11.3. The Kier molecular flexibility index (Phi) is 3.72. The molecule has 2 aromatic rings. The molecule has 2 aromatic carbocycles. The zero-order chi connectivity index (χ0) is 13.9. The van der Waals surface area contributed by atoms with E-state index >= 15 is 0 Å². The highest BCUT2D eigenvalue weighted by Crippen LogP contribution is 2.36. The van der Waals surface area contributed by atoms with Crippen LogP contribution < -0.4 is 4.90 Å². The molecule has 0 saturated heterocycles. The van der Waals surface area contributed by atoms with Crippen molar-refractivity contribution in [3.8, 4) is 0 Å². The highest BCUT2D eigenvalue weighted by atomic mass is 16.3. The van der Waals surface area contributed by atoms with E-state index in [4.69, 9.17) is 0 Å². The molecule has 2 N–H and O–H groups in total. The molecule has 0 radical (unpaired) electrons. The van der Waals surface area contributed by atoms with Gasteiger partial charge < -0.3 is 15.1 Å². The summed E-state index contributed by atoms with van der Waals surface area (Å²) < 4.78 is 0. The van der Waals surface area contributed by atoms with Crippen molar-refractivity contribution in [3.63, 3.8) is 0 Å². The fraction of sp³-hybridized carbons (Fsp3) is 0.294. The lowest BCUT2D eigenvalue weighted by atomic mass is 10.00. The molecule has 1 aliphatic heterocycles. The predicted octanol–water partition coefficient (Wildman–Crippen LogP) is 2.14. The summed E-state index contributed by atoms with van der Waals surface area (Å²) >= 11 is 0. The molecule has 1 aliphatic rings. The summed E-state index contributed by atoms with van der Waals surface area (Å²) in [5, 5.41) is 19.7. The Balaban J connectivity index is 2.00. The van der Waals surface area contributed by atoms with Gasteiger partial charge in [0.25, 0.3) is 0 Å². The molecule has 0 unspecified atom stereocenters. The number of benzene rings is 2. The van der Waals surface area contributed by atoms with E-state index in [1.807, 2.05) is 42.5 Å². The van der Waals surface area contributed by atoms with E-state index in [1.54, 1.807) is 0 Å². The first kappa shape index (κ1) is 13.2. The van der Waals surface area contributed by atoms with Crippen molar-refractivity contribution in [1.82, 2.24) is 0 Å².